The molecule has 0 aromatic carbocycles. The van der Waals surface area contributed by atoms with Crippen LogP contribution < -0.4 is 5.32 Å². The van der Waals surface area contributed by atoms with Gasteiger partial charge in [0.15, 0.2) is 0 Å². The third-order valence-electron chi connectivity index (χ3n) is 3.58. The Morgan fingerprint density at radius 3 is 2.94 bits per heavy atom. The first-order valence-electron chi connectivity index (χ1n) is 6.63. The average molecular weight is 253 g/mol. The van der Waals surface area contributed by atoms with Crippen LogP contribution in [0.4, 0.5) is 5.95 Å². The molecule has 1 aromatic heterocycles. The van der Waals surface area contributed by atoms with E-state index >= 15 is 0 Å². The second-order valence-electron chi connectivity index (χ2n) is 4.80. The van der Waals surface area contributed by atoms with Crippen molar-refractivity contribution >= 4 is 17.7 Å². The summed E-state index contributed by atoms with van der Waals surface area (Å²) in [5.74, 6) is 2.21. The fourth-order valence-electron chi connectivity index (χ4n) is 2.55. The minimum Gasteiger partial charge on any atom is -0.352 e. The highest BCUT2D eigenvalue weighted by atomic mass is 32.2. The SMILES string of the molecule is CCC(CSC)Nc1nccn1C1CCCC1. The van der Waals surface area contributed by atoms with E-state index in [1.807, 2.05) is 18.0 Å². The van der Waals surface area contributed by atoms with Gasteiger partial charge in [0.05, 0.1) is 0 Å². The van der Waals surface area contributed by atoms with Crippen molar-refractivity contribution in [2.24, 2.45) is 0 Å². The Morgan fingerprint density at radius 2 is 2.29 bits per heavy atom. The van der Waals surface area contributed by atoms with Crippen LogP contribution in [0.15, 0.2) is 12.4 Å². The highest BCUT2D eigenvalue weighted by Crippen LogP contribution is 2.31. The highest BCUT2D eigenvalue weighted by molar-refractivity contribution is 7.98. The molecule has 2 rings (SSSR count). The molecule has 1 fully saturated rings. The van der Waals surface area contributed by atoms with Crippen molar-refractivity contribution in [1.82, 2.24) is 9.55 Å². The Kier molecular flexibility index (Phi) is 4.77. The first-order valence-corrected chi connectivity index (χ1v) is 8.02. The van der Waals surface area contributed by atoms with Gasteiger partial charge in [0.2, 0.25) is 5.95 Å². The van der Waals surface area contributed by atoms with Crippen LogP contribution in [0.2, 0.25) is 0 Å². The molecule has 1 aliphatic carbocycles. The summed E-state index contributed by atoms with van der Waals surface area (Å²) in [4.78, 5) is 4.47. The molecule has 0 spiro atoms. The molecular formula is C13H23N3S. The van der Waals surface area contributed by atoms with Crippen LogP contribution in [0.3, 0.4) is 0 Å². The number of aromatic nitrogens is 2. The third kappa shape index (κ3) is 3.18. The van der Waals surface area contributed by atoms with Crippen LogP contribution >= 0.6 is 11.8 Å². The van der Waals surface area contributed by atoms with Gasteiger partial charge >= 0.3 is 0 Å². The summed E-state index contributed by atoms with van der Waals surface area (Å²) in [6, 6.07) is 1.21. The normalized spacial score (nSPS) is 18.5. The number of nitrogens with zero attached hydrogens (tertiary/aromatic N) is 2. The van der Waals surface area contributed by atoms with E-state index in [0.29, 0.717) is 12.1 Å². The van der Waals surface area contributed by atoms with Gasteiger partial charge in [0, 0.05) is 30.2 Å². The van der Waals surface area contributed by atoms with Gasteiger partial charge in [-0.2, -0.15) is 11.8 Å². The van der Waals surface area contributed by atoms with Crippen molar-refractivity contribution in [3.05, 3.63) is 12.4 Å². The summed E-state index contributed by atoms with van der Waals surface area (Å²) in [6.07, 6.45) is 12.7. The molecule has 0 amide bonds. The van der Waals surface area contributed by atoms with Crippen molar-refractivity contribution in [3.8, 4) is 0 Å². The number of hydrogen-bond acceptors (Lipinski definition) is 3. The molecule has 1 heterocycles. The van der Waals surface area contributed by atoms with E-state index in [1.54, 1.807) is 0 Å². The van der Waals surface area contributed by atoms with Crippen molar-refractivity contribution in [2.45, 2.75) is 51.1 Å². The van der Waals surface area contributed by atoms with Gasteiger partial charge in [-0.3, -0.25) is 0 Å². The van der Waals surface area contributed by atoms with Crippen LogP contribution in [0.1, 0.15) is 45.1 Å². The lowest BCUT2D eigenvalue weighted by Gasteiger charge is -2.20. The van der Waals surface area contributed by atoms with Crippen LogP contribution in [-0.2, 0) is 0 Å². The van der Waals surface area contributed by atoms with Crippen molar-refractivity contribution in [2.75, 3.05) is 17.3 Å². The Labute approximate surface area is 108 Å². The molecule has 0 radical (unpaired) electrons. The number of thioether (sulfide) groups is 1. The topological polar surface area (TPSA) is 29.9 Å². The van der Waals surface area contributed by atoms with E-state index in [4.69, 9.17) is 0 Å². The zero-order valence-electron chi connectivity index (χ0n) is 10.9. The maximum atomic E-state index is 4.47. The maximum absolute atomic E-state index is 4.47. The molecule has 4 heteroatoms. The van der Waals surface area contributed by atoms with Crippen molar-refractivity contribution in [3.63, 3.8) is 0 Å². The lowest BCUT2D eigenvalue weighted by atomic mass is 10.2. The smallest absolute Gasteiger partial charge is 0.203 e. The van der Waals surface area contributed by atoms with Crippen molar-refractivity contribution < 1.29 is 0 Å². The number of rotatable bonds is 6. The predicted molar refractivity (Wildman–Crippen MR) is 75.8 cm³/mol. The zero-order chi connectivity index (χ0) is 12.1. The molecule has 1 aromatic rings. The number of imidazole rings is 1. The van der Waals surface area contributed by atoms with E-state index in [9.17, 15) is 0 Å². The first-order chi connectivity index (χ1) is 8.35. The summed E-state index contributed by atoms with van der Waals surface area (Å²) in [5, 5.41) is 3.59. The monoisotopic (exact) mass is 253 g/mol. The molecule has 1 unspecified atom stereocenters. The Hall–Kier alpha value is -0.640. The van der Waals surface area contributed by atoms with E-state index in [-0.39, 0.29) is 0 Å². The van der Waals surface area contributed by atoms with E-state index in [1.165, 1.54) is 25.7 Å². The van der Waals surface area contributed by atoms with Gasteiger partial charge in [-0.1, -0.05) is 19.8 Å². The fraction of sp³-hybridized carbons (Fsp3) is 0.769. The largest absolute Gasteiger partial charge is 0.352 e. The summed E-state index contributed by atoms with van der Waals surface area (Å²) in [5.41, 5.74) is 0. The number of hydrogen-bond donors (Lipinski definition) is 1. The minimum absolute atomic E-state index is 0.535. The van der Waals surface area contributed by atoms with Gasteiger partial charge in [-0.05, 0) is 25.5 Å². The van der Waals surface area contributed by atoms with Crippen LogP contribution in [-0.4, -0.2) is 27.6 Å². The lowest BCUT2D eigenvalue weighted by molar-refractivity contribution is 0.520. The Balaban J connectivity index is 2.02. The fourth-order valence-corrected chi connectivity index (χ4v) is 3.27. The molecule has 1 aliphatic rings. The Bertz CT molecular complexity index is 331. The molecule has 1 atom stereocenters. The Morgan fingerprint density at radius 1 is 1.53 bits per heavy atom. The summed E-state index contributed by atoms with van der Waals surface area (Å²) >= 11 is 1.89. The zero-order valence-corrected chi connectivity index (χ0v) is 11.7. The number of nitrogens with one attached hydrogen (secondary N) is 1. The molecule has 96 valence electrons. The lowest BCUT2D eigenvalue weighted by Crippen LogP contribution is -2.24. The maximum Gasteiger partial charge on any atom is 0.203 e. The van der Waals surface area contributed by atoms with Gasteiger partial charge in [-0.15, -0.1) is 0 Å². The predicted octanol–water partition coefficient (Wildman–Crippen LogP) is 3.55. The minimum atomic E-state index is 0.535. The molecule has 0 saturated heterocycles. The van der Waals surface area contributed by atoms with E-state index < -0.39 is 0 Å². The second-order valence-corrected chi connectivity index (χ2v) is 5.71. The molecule has 3 nitrogen and oxygen atoms in total. The average Bonchev–Trinajstić information content (AvgIpc) is 2.98. The van der Waals surface area contributed by atoms with Crippen LogP contribution in [0, 0.1) is 0 Å². The summed E-state index contributed by atoms with van der Waals surface area (Å²) in [7, 11) is 0. The van der Waals surface area contributed by atoms with Gasteiger partial charge < -0.3 is 9.88 Å². The van der Waals surface area contributed by atoms with Crippen molar-refractivity contribution in [1.29, 1.82) is 0 Å². The summed E-state index contributed by atoms with van der Waals surface area (Å²) in [6.45, 7) is 2.23. The van der Waals surface area contributed by atoms with Gasteiger partial charge in [0.25, 0.3) is 0 Å². The molecule has 1 N–H and O–H groups in total. The molecule has 0 aliphatic heterocycles. The van der Waals surface area contributed by atoms with Gasteiger partial charge in [-0.25, -0.2) is 4.98 Å². The quantitative estimate of drug-likeness (QED) is 0.841. The van der Waals surface area contributed by atoms with Gasteiger partial charge in [0.1, 0.15) is 0 Å². The second kappa shape index (κ2) is 6.34. The number of anilines is 1. The van der Waals surface area contributed by atoms with Crippen LogP contribution in [0.25, 0.3) is 0 Å². The standard InChI is InChI=1S/C13H23N3S/c1-3-11(10-17-2)15-13-14-8-9-16(13)12-6-4-5-7-12/h8-9,11-12H,3-7,10H2,1-2H3,(H,14,15). The molecule has 17 heavy (non-hydrogen) atoms. The van der Waals surface area contributed by atoms with E-state index in [2.05, 4.69) is 34.2 Å². The van der Waals surface area contributed by atoms with Crippen LogP contribution in [0.5, 0.6) is 0 Å². The molecule has 1 saturated carbocycles. The third-order valence-corrected chi connectivity index (χ3v) is 4.32. The van der Waals surface area contributed by atoms with E-state index in [0.717, 1.165) is 18.1 Å². The first kappa shape index (κ1) is 12.8. The highest BCUT2D eigenvalue weighted by Gasteiger charge is 2.20. The molecular weight excluding hydrogens is 230 g/mol. The summed E-state index contributed by atoms with van der Waals surface area (Å²) < 4.78 is 2.34. The molecule has 0 bridgehead atoms.